The van der Waals surface area contributed by atoms with Gasteiger partial charge >= 0.3 is 0 Å². The SMILES string of the molecule is C[C@@H](Oc1cc(N)ccc1-c1nn(COCC[Si](C)(C)C)c(Nc2cnccn2)c1C(N)=O)c1ccc(F)cc1. The number of ether oxygens (including phenoxy) is 2. The van der Waals surface area contributed by atoms with Crippen molar-refractivity contribution in [2.24, 2.45) is 5.73 Å². The molecule has 1 amide bonds. The van der Waals surface area contributed by atoms with E-state index in [1.807, 2.05) is 6.92 Å². The normalized spacial score (nSPS) is 12.2. The van der Waals surface area contributed by atoms with Gasteiger partial charge in [0, 0.05) is 44.4 Å². The zero-order valence-electron chi connectivity index (χ0n) is 23.0. The third kappa shape index (κ3) is 7.21. The van der Waals surface area contributed by atoms with Crippen molar-refractivity contribution in [1.82, 2.24) is 19.7 Å². The van der Waals surface area contributed by atoms with Crippen molar-refractivity contribution < 1.29 is 18.7 Å². The third-order valence-electron chi connectivity index (χ3n) is 6.12. The second kappa shape index (κ2) is 12.3. The van der Waals surface area contributed by atoms with Gasteiger partial charge in [0.2, 0.25) is 0 Å². The van der Waals surface area contributed by atoms with Crippen LogP contribution in [-0.2, 0) is 11.5 Å². The molecular formula is C28H34FN7O3Si. The lowest BCUT2D eigenvalue weighted by Crippen LogP contribution is -2.22. The van der Waals surface area contributed by atoms with Crippen molar-refractivity contribution >= 4 is 31.3 Å². The maximum Gasteiger partial charge on any atom is 0.254 e. The maximum absolute atomic E-state index is 13.5. The van der Waals surface area contributed by atoms with Gasteiger partial charge in [-0.3, -0.25) is 9.78 Å². The number of nitrogens with zero attached hydrogens (tertiary/aromatic N) is 4. The molecular weight excluding hydrogens is 529 g/mol. The summed E-state index contributed by atoms with van der Waals surface area (Å²) in [5, 5.41) is 7.86. The number of nitrogens with two attached hydrogens (primary N) is 2. The Morgan fingerprint density at radius 2 is 1.90 bits per heavy atom. The van der Waals surface area contributed by atoms with Gasteiger partial charge in [-0.25, -0.2) is 14.1 Å². The highest BCUT2D eigenvalue weighted by molar-refractivity contribution is 6.76. The molecule has 1 atom stereocenters. The number of carbonyl (C=O) groups excluding carboxylic acids is 1. The minimum atomic E-state index is -1.32. The van der Waals surface area contributed by atoms with Crippen molar-refractivity contribution in [2.45, 2.75) is 45.4 Å². The van der Waals surface area contributed by atoms with Crippen LogP contribution in [-0.4, -0.2) is 40.3 Å². The lowest BCUT2D eigenvalue weighted by atomic mass is 10.0. The average molecular weight is 564 g/mol. The zero-order chi connectivity index (χ0) is 28.9. The number of aromatic nitrogens is 4. The average Bonchev–Trinajstić information content (AvgIpc) is 3.25. The van der Waals surface area contributed by atoms with Gasteiger partial charge in [-0.05, 0) is 42.8 Å². The van der Waals surface area contributed by atoms with Crippen LogP contribution in [0.2, 0.25) is 25.7 Å². The van der Waals surface area contributed by atoms with Crippen LogP contribution < -0.4 is 21.5 Å². The molecule has 2 aromatic heterocycles. The first kappa shape index (κ1) is 28.7. The Hall–Kier alpha value is -4.29. The van der Waals surface area contributed by atoms with Gasteiger partial charge in [-0.15, -0.1) is 0 Å². The standard InChI is InChI=1S/C28H34FN7O3Si/c1-18(19-5-7-20(29)8-6-19)39-23-15-21(30)9-10-22(23)26-25(27(31)37)28(34-24-16-32-11-12-33-24)36(35-26)17-38-13-14-40(2,3)4/h5-12,15-16,18H,13-14,17,30H2,1-4H3,(H2,31,37)(H,33,34)/t18-/m1/s1. The van der Waals surface area contributed by atoms with Gasteiger partial charge in [0.15, 0.2) is 0 Å². The molecule has 12 heteroatoms. The molecule has 0 aliphatic heterocycles. The van der Waals surface area contributed by atoms with E-state index in [0.29, 0.717) is 35.2 Å². The molecule has 2 aromatic carbocycles. The monoisotopic (exact) mass is 563 g/mol. The second-order valence-corrected chi connectivity index (χ2v) is 16.2. The quantitative estimate of drug-likeness (QED) is 0.119. The summed E-state index contributed by atoms with van der Waals surface area (Å²) in [5.41, 5.74) is 14.1. The summed E-state index contributed by atoms with van der Waals surface area (Å²) >= 11 is 0. The van der Waals surface area contributed by atoms with Crippen molar-refractivity contribution in [3.8, 4) is 17.0 Å². The van der Waals surface area contributed by atoms with Crippen molar-refractivity contribution in [2.75, 3.05) is 17.7 Å². The summed E-state index contributed by atoms with van der Waals surface area (Å²) in [4.78, 5) is 21.2. The van der Waals surface area contributed by atoms with E-state index >= 15 is 0 Å². The number of amides is 1. The largest absolute Gasteiger partial charge is 0.485 e. The fourth-order valence-corrected chi connectivity index (χ4v) is 4.70. The fourth-order valence-electron chi connectivity index (χ4n) is 3.94. The van der Waals surface area contributed by atoms with Crippen LogP contribution in [0.15, 0.2) is 61.1 Å². The molecule has 4 aromatic rings. The van der Waals surface area contributed by atoms with Crippen LogP contribution in [0.5, 0.6) is 5.75 Å². The molecule has 5 N–H and O–H groups in total. The van der Waals surface area contributed by atoms with E-state index in [4.69, 9.17) is 26.0 Å². The van der Waals surface area contributed by atoms with Crippen molar-refractivity contribution in [1.29, 1.82) is 0 Å². The van der Waals surface area contributed by atoms with E-state index < -0.39 is 20.1 Å². The minimum Gasteiger partial charge on any atom is -0.485 e. The van der Waals surface area contributed by atoms with E-state index in [2.05, 4.69) is 34.9 Å². The number of anilines is 3. The first-order chi connectivity index (χ1) is 19.0. The molecule has 210 valence electrons. The summed E-state index contributed by atoms with van der Waals surface area (Å²) in [5.74, 6) is 0.0510. The molecule has 0 saturated carbocycles. The molecule has 0 bridgehead atoms. The number of hydrogen-bond acceptors (Lipinski definition) is 8. The molecule has 0 unspecified atom stereocenters. The predicted molar refractivity (Wildman–Crippen MR) is 155 cm³/mol. The Kier molecular flexibility index (Phi) is 8.80. The lowest BCUT2D eigenvalue weighted by Gasteiger charge is -2.18. The molecule has 2 heterocycles. The molecule has 0 aliphatic rings. The van der Waals surface area contributed by atoms with Gasteiger partial charge < -0.3 is 26.3 Å². The molecule has 0 spiro atoms. The number of hydrogen-bond donors (Lipinski definition) is 3. The summed E-state index contributed by atoms with van der Waals surface area (Å²) in [6, 6.07) is 12.1. The van der Waals surface area contributed by atoms with Crippen molar-refractivity contribution in [3.05, 3.63) is 78.0 Å². The predicted octanol–water partition coefficient (Wildman–Crippen LogP) is 5.36. The van der Waals surface area contributed by atoms with Crippen LogP contribution in [0.25, 0.3) is 11.3 Å². The van der Waals surface area contributed by atoms with Crippen LogP contribution >= 0.6 is 0 Å². The van der Waals surface area contributed by atoms with E-state index in [1.165, 1.54) is 29.2 Å². The number of primary amides is 1. The highest BCUT2D eigenvalue weighted by Gasteiger charge is 2.27. The molecule has 0 saturated heterocycles. The minimum absolute atomic E-state index is 0.0739. The van der Waals surface area contributed by atoms with Gasteiger partial charge in [0.05, 0.1) is 6.20 Å². The Balaban J connectivity index is 1.76. The van der Waals surface area contributed by atoms with Gasteiger partial charge in [-0.2, -0.15) is 5.10 Å². The summed E-state index contributed by atoms with van der Waals surface area (Å²) in [7, 11) is -1.32. The summed E-state index contributed by atoms with van der Waals surface area (Å²) < 4.78 is 27.2. The zero-order valence-corrected chi connectivity index (χ0v) is 24.0. The smallest absolute Gasteiger partial charge is 0.254 e. The van der Waals surface area contributed by atoms with E-state index in [-0.39, 0.29) is 23.8 Å². The summed E-state index contributed by atoms with van der Waals surface area (Å²) in [6.45, 7) is 9.26. The maximum atomic E-state index is 13.5. The lowest BCUT2D eigenvalue weighted by molar-refractivity contribution is 0.0802. The number of nitrogens with one attached hydrogen (secondary N) is 1. The van der Waals surface area contributed by atoms with E-state index in [1.54, 1.807) is 36.5 Å². The highest BCUT2D eigenvalue weighted by atomic mass is 28.3. The van der Waals surface area contributed by atoms with Gasteiger partial charge in [-0.1, -0.05) is 31.8 Å². The molecule has 4 rings (SSSR count). The Labute approximate surface area is 233 Å². The van der Waals surface area contributed by atoms with Crippen LogP contribution in [0, 0.1) is 5.82 Å². The van der Waals surface area contributed by atoms with Crippen molar-refractivity contribution in [3.63, 3.8) is 0 Å². The number of carbonyl (C=O) groups is 1. The Morgan fingerprint density at radius 3 is 2.55 bits per heavy atom. The first-order valence-electron chi connectivity index (χ1n) is 12.9. The molecule has 0 fully saturated rings. The molecule has 40 heavy (non-hydrogen) atoms. The van der Waals surface area contributed by atoms with Crippen LogP contribution in [0.3, 0.4) is 0 Å². The fraction of sp³-hybridized carbons (Fsp3) is 0.286. The molecule has 0 aliphatic carbocycles. The number of halogens is 1. The van der Waals surface area contributed by atoms with Crippen LogP contribution in [0.1, 0.15) is 28.9 Å². The number of nitrogen functional groups attached to an aromatic ring is 1. The van der Waals surface area contributed by atoms with Gasteiger partial charge in [0.1, 0.15) is 47.3 Å². The second-order valence-electron chi connectivity index (χ2n) is 10.6. The number of benzene rings is 2. The van der Waals surface area contributed by atoms with E-state index in [0.717, 1.165) is 11.6 Å². The molecule has 0 radical (unpaired) electrons. The van der Waals surface area contributed by atoms with Gasteiger partial charge in [0.25, 0.3) is 5.91 Å². The summed E-state index contributed by atoms with van der Waals surface area (Å²) in [6.07, 6.45) is 4.14. The Morgan fingerprint density at radius 1 is 1.15 bits per heavy atom. The highest BCUT2D eigenvalue weighted by Crippen LogP contribution is 2.38. The molecule has 10 nitrogen and oxygen atoms in total. The number of rotatable bonds is 12. The third-order valence-corrected chi connectivity index (χ3v) is 7.83. The first-order valence-corrected chi connectivity index (χ1v) is 16.6. The van der Waals surface area contributed by atoms with Crippen LogP contribution in [0.4, 0.5) is 21.7 Å². The topological polar surface area (TPSA) is 143 Å². The Bertz CT molecular complexity index is 1460. The van der Waals surface area contributed by atoms with E-state index in [9.17, 15) is 9.18 Å².